The van der Waals surface area contributed by atoms with E-state index in [1.165, 1.54) is 12.8 Å². The summed E-state index contributed by atoms with van der Waals surface area (Å²) in [5.41, 5.74) is 0. The van der Waals surface area contributed by atoms with Crippen LogP contribution < -0.4 is 10.6 Å². The van der Waals surface area contributed by atoms with Crippen LogP contribution in [0.3, 0.4) is 0 Å². The molecule has 1 aliphatic carbocycles. The fourth-order valence-electron chi connectivity index (χ4n) is 1.30. The molecule has 3 N–H and O–H groups in total. The summed E-state index contributed by atoms with van der Waals surface area (Å²) >= 11 is 0. The second-order valence-electron chi connectivity index (χ2n) is 3.77. The van der Waals surface area contributed by atoms with Gasteiger partial charge in [-0.25, -0.2) is 4.79 Å². The Bertz CT molecular complexity index is 226. The largest absolute Gasteiger partial charge is 0.480 e. The summed E-state index contributed by atoms with van der Waals surface area (Å²) < 4.78 is 0. The normalized spacial score (nSPS) is 17.2. The number of urea groups is 1. The average Bonchev–Trinajstić information content (AvgIpc) is 2.93. The molecule has 0 aromatic rings. The molecule has 1 unspecified atom stereocenters. The molecule has 0 aromatic heterocycles. The zero-order valence-corrected chi connectivity index (χ0v) is 8.25. The van der Waals surface area contributed by atoms with Crippen LogP contribution in [-0.2, 0) is 4.79 Å². The molecule has 80 valence electrons. The van der Waals surface area contributed by atoms with Crippen LogP contribution in [0.15, 0.2) is 0 Å². The molecule has 14 heavy (non-hydrogen) atoms. The maximum Gasteiger partial charge on any atom is 0.323 e. The van der Waals surface area contributed by atoms with Crippen LogP contribution >= 0.6 is 0 Å². The number of rotatable bonds is 5. The van der Waals surface area contributed by atoms with Gasteiger partial charge in [-0.15, -0.1) is 0 Å². The van der Waals surface area contributed by atoms with Gasteiger partial charge in [0.25, 0.3) is 0 Å². The van der Waals surface area contributed by atoms with E-state index >= 15 is 0 Å². The highest BCUT2D eigenvalue weighted by Gasteiger charge is 2.27. The molecule has 0 heterocycles. The van der Waals surface area contributed by atoms with E-state index in [9.17, 15) is 9.59 Å². The summed E-state index contributed by atoms with van der Waals surface area (Å²) in [7, 11) is 0. The number of nitrogens with one attached hydrogen (secondary N) is 2. The van der Waals surface area contributed by atoms with Crippen molar-refractivity contribution in [2.24, 2.45) is 11.8 Å². The number of hydrogen-bond acceptors (Lipinski definition) is 2. The number of aliphatic carboxylic acids is 1. The van der Waals surface area contributed by atoms with Gasteiger partial charge in [0.1, 0.15) is 6.54 Å². The van der Waals surface area contributed by atoms with Gasteiger partial charge in [0.05, 0.1) is 0 Å². The van der Waals surface area contributed by atoms with Gasteiger partial charge in [-0.05, 0) is 24.7 Å². The molecule has 5 heteroatoms. The van der Waals surface area contributed by atoms with E-state index in [4.69, 9.17) is 5.11 Å². The molecule has 5 nitrogen and oxygen atoms in total. The van der Waals surface area contributed by atoms with E-state index in [0.29, 0.717) is 12.5 Å². The number of amides is 2. The number of hydrogen-bond donors (Lipinski definition) is 3. The molecular weight excluding hydrogens is 184 g/mol. The van der Waals surface area contributed by atoms with Gasteiger partial charge in [0.15, 0.2) is 0 Å². The summed E-state index contributed by atoms with van der Waals surface area (Å²) in [4.78, 5) is 21.1. The van der Waals surface area contributed by atoms with Crippen molar-refractivity contribution in [3.8, 4) is 0 Å². The van der Waals surface area contributed by atoms with Crippen molar-refractivity contribution >= 4 is 12.0 Å². The summed E-state index contributed by atoms with van der Waals surface area (Å²) in [5, 5.41) is 13.2. The minimum absolute atomic E-state index is 0.330. The second kappa shape index (κ2) is 4.83. The van der Waals surface area contributed by atoms with E-state index in [2.05, 4.69) is 17.6 Å². The maximum atomic E-state index is 11.0. The Labute approximate surface area is 82.9 Å². The van der Waals surface area contributed by atoms with E-state index < -0.39 is 12.0 Å². The highest BCUT2D eigenvalue weighted by atomic mass is 16.4. The third kappa shape index (κ3) is 4.11. The lowest BCUT2D eigenvalue weighted by Gasteiger charge is -2.11. The quantitative estimate of drug-likeness (QED) is 0.601. The van der Waals surface area contributed by atoms with Crippen molar-refractivity contribution in [2.45, 2.75) is 19.8 Å². The third-order valence-corrected chi connectivity index (χ3v) is 2.41. The predicted molar refractivity (Wildman–Crippen MR) is 50.9 cm³/mol. The summed E-state index contributed by atoms with van der Waals surface area (Å²) in [6.07, 6.45) is 2.50. The van der Waals surface area contributed by atoms with Crippen LogP contribution in [0.1, 0.15) is 19.8 Å². The van der Waals surface area contributed by atoms with Crippen molar-refractivity contribution in [1.82, 2.24) is 10.6 Å². The minimum atomic E-state index is -1.03. The Balaban J connectivity index is 2.04. The standard InChI is InChI=1S/C9H16N2O3/c1-6(7-2-3-7)4-10-9(14)11-5-8(12)13/h6-7H,2-5H2,1H3,(H,12,13)(H2,10,11,14). The SMILES string of the molecule is CC(CNC(=O)NCC(=O)O)C1CC1. The molecule has 2 amide bonds. The van der Waals surface area contributed by atoms with Gasteiger partial charge in [0, 0.05) is 6.54 Å². The molecule has 1 aliphatic rings. The van der Waals surface area contributed by atoms with E-state index in [-0.39, 0.29) is 6.54 Å². The fraction of sp³-hybridized carbons (Fsp3) is 0.778. The molecule has 0 radical (unpaired) electrons. The van der Waals surface area contributed by atoms with Crippen LogP contribution in [0.2, 0.25) is 0 Å². The smallest absolute Gasteiger partial charge is 0.323 e. The molecule has 0 aromatic carbocycles. The van der Waals surface area contributed by atoms with E-state index in [0.717, 1.165) is 5.92 Å². The van der Waals surface area contributed by atoms with Crippen molar-refractivity contribution in [3.05, 3.63) is 0 Å². The Kier molecular flexibility index (Phi) is 3.73. The van der Waals surface area contributed by atoms with Crippen LogP contribution in [0.5, 0.6) is 0 Å². The number of carbonyl (C=O) groups excluding carboxylic acids is 1. The Morgan fingerprint density at radius 3 is 2.57 bits per heavy atom. The first kappa shape index (κ1) is 10.8. The fourth-order valence-corrected chi connectivity index (χ4v) is 1.30. The zero-order valence-electron chi connectivity index (χ0n) is 8.25. The minimum Gasteiger partial charge on any atom is -0.480 e. The Morgan fingerprint density at radius 1 is 1.43 bits per heavy atom. The molecular formula is C9H16N2O3. The van der Waals surface area contributed by atoms with Gasteiger partial charge in [-0.1, -0.05) is 6.92 Å². The first-order valence-corrected chi connectivity index (χ1v) is 4.83. The topological polar surface area (TPSA) is 78.4 Å². The van der Waals surface area contributed by atoms with Gasteiger partial charge in [-0.3, -0.25) is 4.79 Å². The van der Waals surface area contributed by atoms with Gasteiger partial charge in [0.2, 0.25) is 0 Å². The van der Waals surface area contributed by atoms with Crippen LogP contribution in [0, 0.1) is 11.8 Å². The summed E-state index contributed by atoms with van der Waals surface area (Å²) in [6, 6.07) is -0.403. The lowest BCUT2D eigenvalue weighted by molar-refractivity contribution is -0.135. The average molecular weight is 200 g/mol. The summed E-state index contributed by atoms with van der Waals surface area (Å²) in [6.45, 7) is 2.38. The first-order chi connectivity index (χ1) is 6.59. The van der Waals surface area contributed by atoms with Gasteiger partial charge < -0.3 is 15.7 Å². The number of carbonyl (C=O) groups is 2. The molecule has 1 atom stereocenters. The van der Waals surface area contributed by atoms with Crippen molar-refractivity contribution < 1.29 is 14.7 Å². The molecule has 1 rings (SSSR count). The van der Waals surface area contributed by atoms with Crippen LogP contribution in [0.4, 0.5) is 4.79 Å². The lowest BCUT2D eigenvalue weighted by Crippen LogP contribution is -2.40. The Morgan fingerprint density at radius 2 is 2.07 bits per heavy atom. The first-order valence-electron chi connectivity index (χ1n) is 4.83. The monoisotopic (exact) mass is 200 g/mol. The van der Waals surface area contributed by atoms with Gasteiger partial charge in [-0.2, -0.15) is 0 Å². The van der Waals surface area contributed by atoms with Crippen molar-refractivity contribution in [2.75, 3.05) is 13.1 Å². The van der Waals surface area contributed by atoms with Crippen molar-refractivity contribution in [1.29, 1.82) is 0 Å². The molecule has 1 saturated carbocycles. The highest BCUT2D eigenvalue weighted by Crippen LogP contribution is 2.35. The molecule has 0 aliphatic heterocycles. The number of carboxylic acids is 1. The molecule has 1 fully saturated rings. The van der Waals surface area contributed by atoms with E-state index in [1.54, 1.807) is 0 Å². The highest BCUT2D eigenvalue weighted by molar-refractivity contribution is 5.79. The molecule has 0 bridgehead atoms. The van der Waals surface area contributed by atoms with Gasteiger partial charge >= 0.3 is 12.0 Å². The Hall–Kier alpha value is -1.26. The molecule has 0 saturated heterocycles. The maximum absolute atomic E-state index is 11.0. The van der Waals surface area contributed by atoms with Crippen LogP contribution in [0.25, 0.3) is 0 Å². The van der Waals surface area contributed by atoms with Crippen molar-refractivity contribution in [3.63, 3.8) is 0 Å². The summed E-state index contributed by atoms with van der Waals surface area (Å²) in [5.74, 6) is 0.204. The predicted octanol–water partition coefficient (Wildman–Crippen LogP) is 0.416. The number of carboxylic acid groups (broad SMARTS) is 1. The van der Waals surface area contributed by atoms with Crippen LogP contribution in [-0.4, -0.2) is 30.2 Å². The molecule has 0 spiro atoms. The van der Waals surface area contributed by atoms with E-state index in [1.807, 2.05) is 0 Å². The lowest BCUT2D eigenvalue weighted by atomic mass is 10.1. The third-order valence-electron chi connectivity index (χ3n) is 2.41. The zero-order chi connectivity index (χ0) is 10.6. The second-order valence-corrected chi connectivity index (χ2v) is 3.77.